The van der Waals surface area contributed by atoms with Crippen molar-refractivity contribution in [1.82, 2.24) is 15.2 Å². The largest absolute Gasteiger partial charge is 0.395 e. The molecule has 0 aliphatic heterocycles. The maximum Gasteiger partial charge on any atom is 0.0597 e. The molecular formula is C12H21N3O. The Kier molecular flexibility index (Phi) is 6.00. The molecule has 1 rings (SSSR count). The average Bonchev–Trinajstić information content (AvgIpc) is 2.34. The molecule has 0 aromatic carbocycles. The van der Waals surface area contributed by atoms with Crippen LogP contribution in [0.15, 0.2) is 24.5 Å². The summed E-state index contributed by atoms with van der Waals surface area (Å²) in [5, 5.41) is 12.1. The molecule has 1 heterocycles. The molecule has 1 aromatic heterocycles. The SMILES string of the molecule is CNC(CO)CN(C)CCc1ccncc1. The minimum Gasteiger partial charge on any atom is -0.395 e. The smallest absolute Gasteiger partial charge is 0.0597 e. The number of aliphatic hydroxyl groups excluding tert-OH is 1. The average molecular weight is 223 g/mol. The molecule has 0 saturated carbocycles. The highest BCUT2D eigenvalue weighted by molar-refractivity contribution is 5.09. The Bertz CT molecular complexity index is 275. The highest BCUT2D eigenvalue weighted by atomic mass is 16.3. The third-order valence-electron chi connectivity index (χ3n) is 2.69. The first kappa shape index (κ1) is 13.1. The van der Waals surface area contributed by atoms with Crippen molar-refractivity contribution >= 4 is 0 Å². The normalized spacial score (nSPS) is 13.0. The van der Waals surface area contributed by atoms with Crippen molar-refractivity contribution in [2.24, 2.45) is 0 Å². The minimum absolute atomic E-state index is 0.155. The van der Waals surface area contributed by atoms with Gasteiger partial charge in [-0.3, -0.25) is 4.98 Å². The number of hydrogen-bond donors (Lipinski definition) is 2. The molecule has 0 aliphatic rings. The number of nitrogens with zero attached hydrogens (tertiary/aromatic N) is 2. The number of aromatic nitrogens is 1. The quantitative estimate of drug-likeness (QED) is 0.690. The summed E-state index contributed by atoms with van der Waals surface area (Å²) in [6, 6.07) is 4.23. The Morgan fingerprint density at radius 2 is 2.12 bits per heavy atom. The number of pyridine rings is 1. The number of hydrogen-bond acceptors (Lipinski definition) is 4. The van der Waals surface area contributed by atoms with E-state index in [4.69, 9.17) is 5.11 Å². The van der Waals surface area contributed by atoms with Crippen LogP contribution < -0.4 is 5.32 Å². The van der Waals surface area contributed by atoms with E-state index in [0.29, 0.717) is 0 Å². The lowest BCUT2D eigenvalue weighted by Gasteiger charge is -2.22. The van der Waals surface area contributed by atoms with Crippen LogP contribution >= 0.6 is 0 Å². The molecule has 16 heavy (non-hydrogen) atoms. The molecule has 0 saturated heterocycles. The molecule has 4 heteroatoms. The summed E-state index contributed by atoms with van der Waals surface area (Å²) >= 11 is 0. The van der Waals surface area contributed by atoms with Crippen LogP contribution in [-0.2, 0) is 6.42 Å². The molecule has 1 aromatic rings. The van der Waals surface area contributed by atoms with Crippen LogP contribution in [0.1, 0.15) is 5.56 Å². The second-order valence-corrected chi connectivity index (χ2v) is 4.04. The summed E-state index contributed by atoms with van der Waals surface area (Å²) in [5.41, 5.74) is 1.30. The molecule has 1 atom stereocenters. The first-order valence-corrected chi connectivity index (χ1v) is 5.62. The third kappa shape index (κ3) is 4.70. The van der Waals surface area contributed by atoms with Gasteiger partial charge in [0.25, 0.3) is 0 Å². The number of rotatable bonds is 7. The van der Waals surface area contributed by atoms with Gasteiger partial charge in [0.2, 0.25) is 0 Å². The van der Waals surface area contributed by atoms with Crippen LogP contribution in [0.4, 0.5) is 0 Å². The first-order valence-electron chi connectivity index (χ1n) is 5.62. The van der Waals surface area contributed by atoms with Gasteiger partial charge >= 0.3 is 0 Å². The van der Waals surface area contributed by atoms with E-state index in [9.17, 15) is 0 Å². The molecule has 4 nitrogen and oxygen atoms in total. The fourth-order valence-corrected chi connectivity index (χ4v) is 1.58. The van der Waals surface area contributed by atoms with E-state index in [0.717, 1.165) is 19.5 Å². The van der Waals surface area contributed by atoms with Crippen molar-refractivity contribution in [2.45, 2.75) is 12.5 Å². The maximum absolute atomic E-state index is 9.06. The molecule has 0 amide bonds. The minimum atomic E-state index is 0.155. The zero-order valence-electron chi connectivity index (χ0n) is 10.1. The van der Waals surface area contributed by atoms with Crippen LogP contribution in [0, 0.1) is 0 Å². The first-order chi connectivity index (χ1) is 7.76. The molecular weight excluding hydrogens is 202 g/mol. The standard InChI is InChI=1S/C12H21N3O/c1-13-12(10-16)9-15(2)8-5-11-3-6-14-7-4-11/h3-4,6-7,12-13,16H,5,8-10H2,1-2H3. The number of nitrogens with one attached hydrogen (secondary N) is 1. The lowest BCUT2D eigenvalue weighted by Crippen LogP contribution is -2.40. The molecule has 90 valence electrons. The van der Waals surface area contributed by atoms with Gasteiger partial charge in [-0.1, -0.05) is 0 Å². The number of aliphatic hydroxyl groups is 1. The maximum atomic E-state index is 9.06. The Labute approximate surface area is 97.3 Å². The van der Waals surface area contributed by atoms with Crippen molar-refractivity contribution in [1.29, 1.82) is 0 Å². The van der Waals surface area contributed by atoms with Gasteiger partial charge in [0, 0.05) is 31.5 Å². The highest BCUT2D eigenvalue weighted by Gasteiger charge is 2.07. The molecule has 0 bridgehead atoms. The van der Waals surface area contributed by atoms with Crippen molar-refractivity contribution in [3.05, 3.63) is 30.1 Å². The predicted octanol–water partition coefficient (Wildman–Crippen LogP) is 0.136. The van der Waals surface area contributed by atoms with Gasteiger partial charge < -0.3 is 15.3 Å². The molecule has 2 N–H and O–H groups in total. The Morgan fingerprint density at radius 3 is 2.69 bits per heavy atom. The molecule has 0 spiro atoms. The second kappa shape index (κ2) is 7.33. The van der Waals surface area contributed by atoms with E-state index in [-0.39, 0.29) is 12.6 Å². The Balaban J connectivity index is 2.27. The van der Waals surface area contributed by atoms with Gasteiger partial charge in [0.1, 0.15) is 0 Å². The van der Waals surface area contributed by atoms with E-state index in [2.05, 4.69) is 22.2 Å². The summed E-state index contributed by atoms with van der Waals surface area (Å²) in [5.74, 6) is 0. The molecule has 1 unspecified atom stereocenters. The third-order valence-corrected chi connectivity index (χ3v) is 2.69. The molecule has 0 aliphatic carbocycles. The fourth-order valence-electron chi connectivity index (χ4n) is 1.58. The van der Waals surface area contributed by atoms with Crippen molar-refractivity contribution in [2.75, 3.05) is 33.8 Å². The van der Waals surface area contributed by atoms with Crippen molar-refractivity contribution in [3.8, 4) is 0 Å². The summed E-state index contributed by atoms with van der Waals surface area (Å²) < 4.78 is 0. The summed E-state index contributed by atoms with van der Waals surface area (Å²) in [6.07, 6.45) is 4.65. The summed E-state index contributed by atoms with van der Waals surface area (Å²) in [4.78, 5) is 6.21. The van der Waals surface area contributed by atoms with E-state index in [1.165, 1.54) is 5.56 Å². The monoisotopic (exact) mass is 223 g/mol. The number of likely N-dealkylation sites (N-methyl/N-ethyl adjacent to an activating group) is 2. The second-order valence-electron chi connectivity index (χ2n) is 4.04. The van der Waals surface area contributed by atoms with Gasteiger partial charge in [-0.2, -0.15) is 0 Å². The lowest BCUT2D eigenvalue weighted by molar-refractivity contribution is 0.205. The fraction of sp³-hybridized carbons (Fsp3) is 0.583. The van der Waals surface area contributed by atoms with Gasteiger partial charge in [-0.25, -0.2) is 0 Å². The van der Waals surface area contributed by atoms with Crippen LogP contribution in [0.2, 0.25) is 0 Å². The van der Waals surface area contributed by atoms with Crippen LogP contribution in [0.5, 0.6) is 0 Å². The van der Waals surface area contributed by atoms with Crippen LogP contribution in [0.25, 0.3) is 0 Å². The van der Waals surface area contributed by atoms with Crippen LogP contribution in [-0.4, -0.2) is 54.8 Å². The van der Waals surface area contributed by atoms with Gasteiger partial charge in [0.05, 0.1) is 6.61 Å². The molecule has 0 radical (unpaired) electrons. The van der Waals surface area contributed by atoms with E-state index < -0.39 is 0 Å². The van der Waals surface area contributed by atoms with E-state index >= 15 is 0 Å². The van der Waals surface area contributed by atoms with E-state index in [1.807, 2.05) is 31.6 Å². The zero-order valence-corrected chi connectivity index (χ0v) is 10.1. The Morgan fingerprint density at radius 1 is 1.44 bits per heavy atom. The molecule has 0 fully saturated rings. The van der Waals surface area contributed by atoms with Gasteiger partial charge in [0.15, 0.2) is 0 Å². The topological polar surface area (TPSA) is 48.4 Å². The van der Waals surface area contributed by atoms with Crippen LogP contribution in [0.3, 0.4) is 0 Å². The summed E-state index contributed by atoms with van der Waals surface area (Å²) in [6.45, 7) is 2.02. The van der Waals surface area contributed by atoms with Crippen molar-refractivity contribution in [3.63, 3.8) is 0 Å². The predicted molar refractivity (Wildman–Crippen MR) is 65.4 cm³/mol. The lowest BCUT2D eigenvalue weighted by atomic mass is 10.2. The highest BCUT2D eigenvalue weighted by Crippen LogP contribution is 1.99. The van der Waals surface area contributed by atoms with Gasteiger partial charge in [-0.05, 0) is 38.2 Å². The Hall–Kier alpha value is -0.970. The van der Waals surface area contributed by atoms with Crippen molar-refractivity contribution < 1.29 is 5.11 Å². The van der Waals surface area contributed by atoms with Gasteiger partial charge in [-0.15, -0.1) is 0 Å². The zero-order chi connectivity index (χ0) is 11.8. The summed E-state index contributed by atoms with van der Waals surface area (Å²) in [7, 11) is 3.94. The van der Waals surface area contributed by atoms with E-state index in [1.54, 1.807) is 0 Å².